The first-order valence-electron chi connectivity index (χ1n) is 9.06. The van der Waals surface area contributed by atoms with Crippen LogP contribution in [0.25, 0.3) is 0 Å². The normalized spacial score (nSPS) is 16.9. The molecule has 0 bridgehead atoms. The van der Waals surface area contributed by atoms with Crippen LogP contribution in [0.4, 0.5) is 14.5 Å². The van der Waals surface area contributed by atoms with Crippen molar-refractivity contribution in [2.75, 3.05) is 25.0 Å². The van der Waals surface area contributed by atoms with Gasteiger partial charge in [-0.3, -0.25) is 4.99 Å². The molecule has 0 radical (unpaired) electrons. The van der Waals surface area contributed by atoms with E-state index in [1.54, 1.807) is 24.1 Å². The lowest BCUT2D eigenvalue weighted by Gasteiger charge is -2.21. The number of guanidine groups is 1. The van der Waals surface area contributed by atoms with Crippen LogP contribution in [0.15, 0.2) is 52.4 Å². The average Bonchev–Trinajstić information content (AvgIpc) is 3.12. The lowest BCUT2D eigenvalue weighted by Crippen LogP contribution is -2.44. The highest BCUT2D eigenvalue weighted by molar-refractivity contribution is 14.0. The van der Waals surface area contributed by atoms with Crippen molar-refractivity contribution in [3.05, 3.63) is 59.7 Å². The van der Waals surface area contributed by atoms with Gasteiger partial charge in [0.1, 0.15) is 17.3 Å². The van der Waals surface area contributed by atoms with Crippen LogP contribution in [0.1, 0.15) is 12.0 Å². The SMILES string of the molecule is CN=C(NCc1cccc(S(N)(=O)=O)c1)NC1CCN(c2c(F)cccc2F)C1.I. The maximum Gasteiger partial charge on any atom is 0.238 e. The summed E-state index contributed by atoms with van der Waals surface area (Å²) in [5.74, 6) is -0.655. The summed E-state index contributed by atoms with van der Waals surface area (Å²) in [5.41, 5.74) is 0.709. The zero-order valence-electron chi connectivity index (χ0n) is 16.3. The van der Waals surface area contributed by atoms with E-state index in [0.717, 1.165) is 5.56 Å². The minimum atomic E-state index is -3.77. The number of primary sulfonamides is 1. The van der Waals surface area contributed by atoms with Gasteiger partial charge < -0.3 is 15.5 Å². The van der Waals surface area contributed by atoms with E-state index in [4.69, 9.17) is 5.14 Å². The Hall–Kier alpha value is -1.99. The molecule has 30 heavy (non-hydrogen) atoms. The molecule has 1 fully saturated rings. The van der Waals surface area contributed by atoms with Gasteiger partial charge in [-0.25, -0.2) is 22.3 Å². The number of hydrogen-bond donors (Lipinski definition) is 3. The summed E-state index contributed by atoms with van der Waals surface area (Å²) in [7, 11) is -2.16. The fraction of sp³-hybridized carbons (Fsp3) is 0.316. The maximum atomic E-state index is 14.0. The minimum absolute atomic E-state index is 0. The summed E-state index contributed by atoms with van der Waals surface area (Å²) in [5, 5.41) is 11.5. The van der Waals surface area contributed by atoms with Gasteiger partial charge >= 0.3 is 0 Å². The monoisotopic (exact) mass is 551 g/mol. The maximum absolute atomic E-state index is 14.0. The van der Waals surface area contributed by atoms with Crippen molar-refractivity contribution in [1.82, 2.24) is 10.6 Å². The highest BCUT2D eigenvalue weighted by Crippen LogP contribution is 2.26. The number of nitrogens with one attached hydrogen (secondary N) is 2. The zero-order chi connectivity index (χ0) is 21.0. The quantitative estimate of drug-likeness (QED) is 0.301. The molecule has 7 nitrogen and oxygen atoms in total. The smallest absolute Gasteiger partial charge is 0.238 e. The van der Waals surface area contributed by atoms with Crippen molar-refractivity contribution in [1.29, 1.82) is 0 Å². The molecular formula is C19H24F2IN5O2S. The first kappa shape index (κ1) is 24.3. The third-order valence-electron chi connectivity index (χ3n) is 4.69. The number of halogens is 3. The molecule has 0 spiro atoms. The number of aliphatic imine (C=N–C) groups is 1. The lowest BCUT2D eigenvalue weighted by atomic mass is 10.2. The van der Waals surface area contributed by atoms with Gasteiger partial charge in [-0.2, -0.15) is 0 Å². The molecule has 2 aromatic carbocycles. The van der Waals surface area contributed by atoms with Crippen molar-refractivity contribution in [2.24, 2.45) is 10.1 Å². The van der Waals surface area contributed by atoms with Crippen molar-refractivity contribution in [3.63, 3.8) is 0 Å². The molecule has 1 aliphatic heterocycles. The second-order valence-electron chi connectivity index (χ2n) is 6.76. The van der Waals surface area contributed by atoms with Gasteiger partial charge in [0, 0.05) is 32.7 Å². The molecule has 1 unspecified atom stereocenters. The van der Waals surface area contributed by atoms with E-state index in [0.29, 0.717) is 32.0 Å². The summed E-state index contributed by atoms with van der Waals surface area (Å²) in [6.45, 7) is 1.28. The Morgan fingerprint density at radius 3 is 2.53 bits per heavy atom. The van der Waals surface area contributed by atoms with Crippen LogP contribution in [0.5, 0.6) is 0 Å². The zero-order valence-corrected chi connectivity index (χ0v) is 19.5. The van der Waals surface area contributed by atoms with Gasteiger partial charge in [-0.05, 0) is 36.2 Å². The second-order valence-corrected chi connectivity index (χ2v) is 8.33. The fourth-order valence-corrected chi connectivity index (χ4v) is 3.86. The summed E-state index contributed by atoms with van der Waals surface area (Å²) in [6, 6.07) is 10.1. The van der Waals surface area contributed by atoms with E-state index in [2.05, 4.69) is 15.6 Å². The molecule has 4 N–H and O–H groups in total. The molecule has 0 amide bonds. The number of benzene rings is 2. The number of nitrogens with two attached hydrogens (primary N) is 1. The van der Waals surface area contributed by atoms with Gasteiger partial charge in [0.2, 0.25) is 10.0 Å². The molecular weight excluding hydrogens is 527 g/mol. The molecule has 1 saturated heterocycles. The third kappa shape index (κ3) is 6.01. The predicted octanol–water partition coefficient (Wildman–Crippen LogP) is 2.17. The van der Waals surface area contributed by atoms with Crippen molar-refractivity contribution in [2.45, 2.75) is 23.9 Å². The van der Waals surface area contributed by atoms with E-state index in [1.165, 1.54) is 30.3 Å². The van der Waals surface area contributed by atoms with Gasteiger partial charge in [0.05, 0.1) is 4.90 Å². The van der Waals surface area contributed by atoms with Gasteiger partial charge in [0.25, 0.3) is 0 Å². The molecule has 1 atom stereocenters. The first-order valence-corrected chi connectivity index (χ1v) is 10.6. The molecule has 2 aromatic rings. The molecule has 1 heterocycles. The van der Waals surface area contributed by atoms with Crippen molar-refractivity contribution in [3.8, 4) is 0 Å². The molecule has 0 saturated carbocycles. The van der Waals surface area contributed by atoms with Gasteiger partial charge in [0.15, 0.2) is 5.96 Å². The Morgan fingerprint density at radius 1 is 1.23 bits per heavy atom. The van der Waals surface area contributed by atoms with E-state index in [-0.39, 0.29) is 40.6 Å². The van der Waals surface area contributed by atoms with Gasteiger partial charge in [-0.1, -0.05) is 18.2 Å². The van der Waals surface area contributed by atoms with E-state index < -0.39 is 21.7 Å². The molecule has 0 aliphatic carbocycles. The Balaban J connectivity index is 0.00000320. The lowest BCUT2D eigenvalue weighted by molar-refractivity contribution is 0.575. The first-order chi connectivity index (χ1) is 13.8. The van der Waals surface area contributed by atoms with Crippen LogP contribution in [0.3, 0.4) is 0 Å². The molecule has 11 heteroatoms. The molecule has 3 rings (SSSR count). The Kier molecular flexibility index (Phi) is 8.38. The highest BCUT2D eigenvalue weighted by Gasteiger charge is 2.27. The van der Waals surface area contributed by atoms with Crippen LogP contribution in [-0.4, -0.2) is 40.6 Å². The van der Waals surface area contributed by atoms with E-state index >= 15 is 0 Å². The van der Waals surface area contributed by atoms with Crippen molar-refractivity contribution < 1.29 is 17.2 Å². The molecule has 164 valence electrons. The largest absolute Gasteiger partial charge is 0.365 e. The topological polar surface area (TPSA) is 99.8 Å². The van der Waals surface area contributed by atoms with Crippen LogP contribution in [-0.2, 0) is 16.6 Å². The number of para-hydroxylation sites is 1. The van der Waals surface area contributed by atoms with Crippen LogP contribution >= 0.6 is 24.0 Å². The predicted molar refractivity (Wildman–Crippen MR) is 124 cm³/mol. The van der Waals surface area contributed by atoms with Crippen LogP contribution < -0.4 is 20.7 Å². The average molecular weight is 551 g/mol. The summed E-state index contributed by atoms with van der Waals surface area (Å²) in [6.07, 6.45) is 0.690. The Labute approximate surface area is 191 Å². The van der Waals surface area contributed by atoms with Crippen molar-refractivity contribution >= 4 is 45.6 Å². The number of nitrogens with zero attached hydrogens (tertiary/aromatic N) is 2. The van der Waals surface area contributed by atoms with Crippen LogP contribution in [0.2, 0.25) is 0 Å². The summed E-state index contributed by atoms with van der Waals surface area (Å²) in [4.78, 5) is 5.87. The number of rotatable bonds is 5. The highest BCUT2D eigenvalue weighted by atomic mass is 127. The Bertz CT molecular complexity index is 999. The summed E-state index contributed by atoms with van der Waals surface area (Å²) >= 11 is 0. The van der Waals surface area contributed by atoms with Crippen LogP contribution in [0, 0.1) is 11.6 Å². The minimum Gasteiger partial charge on any atom is -0.365 e. The van der Waals surface area contributed by atoms with E-state index in [9.17, 15) is 17.2 Å². The molecule has 0 aromatic heterocycles. The number of sulfonamides is 1. The Morgan fingerprint density at radius 2 is 1.90 bits per heavy atom. The number of hydrogen-bond acceptors (Lipinski definition) is 4. The number of anilines is 1. The third-order valence-corrected chi connectivity index (χ3v) is 5.60. The second kappa shape index (κ2) is 10.4. The van der Waals surface area contributed by atoms with E-state index in [1.807, 2.05) is 0 Å². The standard InChI is InChI=1S/C19H23F2N5O2S.HI/c1-23-19(24-11-13-4-2-5-15(10-13)29(22,27)28)25-14-8-9-26(12-14)18-16(20)6-3-7-17(18)21;/h2-7,10,14H,8-9,11-12H2,1H3,(H2,22,27,28)(H2,23,24,25);1H. The van der Waals surface area contributed by atoms with Gasteiger partial charge in [-0.15, -0.1) is 24.0 Å². The summed E-state index contributed by atoms with van der Waals surface area (Å²) < 4.78 is 50.9. The molecule has 1 aliphatic rings. The fourth-order valence-electron chi connectivity index (χ4n) is 3.28.